The van der Waals surface area contributed by atoms with Crippen molar-refractivity contribution in [3.05, 3.63) is 56.5 Å². The van der Waals surface area contributed by atoms with Crippen LogP contribution in [0.3, 0.4) is 0 Å². The van der Waals surface area contributed by atoms with Crippen molar-refractivity contribution in [1.82, 2.24) is 0 Å². The van der Waals surface area contributed by atoms with Crippen molar-refractivity contribution in [2.24, 2.45) is 0 Å². The predicted octanol–water partition coefficient (Wildman–Crippen LogP) is 3.97. The molecule has 6 nitrogen and oxygen atoms in total. The summed E-state index contributed by atoms with van der Waals surface area (Å²) in [6.45, 7) is 0. The van der Waals surface area contributed by atoms with Crippen LogP contribution in [0.15, 0.2) is 40.9 Å². The molecule has 0 spiro atoms. The van der Waals surface area contributed by atoms with Gasteiger partial charge in [0.15, 0.2) is 17.8 Å². The largest absolute Gasteiger partial charge is 0.493 e. The number of hydrogen-bond acceptors (Lipinski definition) is 5. The number of hydrogen-bond donors (Lipinski definition) is 0. The van der Waals surface area contributed by atoms with E-state index in [-0.39, 0.29) is 17.2 Å². The average molecular weight is 352 g/mol. The Morgan fingerprint density at radius 3 is 2.52 bits per heavy atom. The van der Waals surface area contributed by atoms with Gasteiger partial charge in [-0.1, -0.05) is 15.9 Å². The van der Waals surface area contributed by atoms with Crippen LogP contribution in [0.4, 0.5) is 5.69 Å². The summed E-state index contributed by atoms with van der Waals surface area (Å²) in [5.41, 5.74) is 0.195. The molecule has 2 aromatic carbocycles. The standard InChI is InChI=1S/C14H10BrNO5/c1-20-12-5-4-11(16(18)19)7-14(12)21-13-6-10(15)3-2-9(13)8-17/h2-8H,1H3. The predicted molar refractivity (Wildman–Crippen MR) is 79.3 cm³/mol. The third kappa shape index (κ3) is 3.38. The lowest BCUT2D eigenvalue weighted by Crippen LogP contribution is -1.95. The number of nitro benzene ring substituents is 1. The molecule has 0 N–H and O–H groups in total. The molecule has 0 heterocycles. The van der Waals surface area contributed by atoms with Crippen molar-refractivity contribution in [3.63, 3.8) is 0 Å². The zero-order chi connectivity index (χ0) is 15.4. The maximum Gasteiger partial charge on any atom is 0.273 e. The summed E-state index contributed by atoms with van der Waals surface area (Å²) in [7, 11) is 1.43. The normalized spacial score (nSPS) is 10.0. The molecule has 0 aliphatic carbocycles. The molecule has 0 unspecified atom stereocenters. The summed E-state index contributed by atoms with van der Waals surface area (Å²) >= 11 is 3.28. The van der Waals surface area contributed by atoms with Gasteiger partial charge < -0.3 is 9.47 Å². The Morgan fingerprint density at radius 2 is 1.90 bits per heavy atom. The zero-order valence-corrected chi connectivity index (χ0v) is 12.5. The lowest BCUT2D eigenvalue weighted by molar-refractivity contribution is -0.384. The molecule has 0 radical (unpaired) electrons. The van der Waals surface area contributed by atoms with Crippen LogP contribution in [-0.4, -0.2) is 18.3 Å². The molecule has 0 saturated heterocycles. The monoisotopic (exact) mass is 351 g/mol. The number of carbonyl (C=O) groups is 1. The Kier molecular flexibility index (Phi) is 4.54. The van der Waals surface area contributed by atoms with Crippen LogP contribution in [0.1, 0.15) is 10.4 Å². The van der Waals surface area contributed by atoms with Crippen LogP contribution in [0.25, 0.3) is 0 Å². The summed E-state index contributed by atoms with van der Waals surface area (Å²) in [4.78, 5) is 21.3. The minimum atomic E-state index is -0.534. The van der Waals surface area contributed by atoms with Crippen LogP contribution >= 0.6 is 15.9 Å². The topological polar surface area (TPSA) is 78.7 Å². The molecule has 0 saturated carbocycles. The second kappa shape index (κ2) is 6.36. The van der Waals surface area contributed by atoms with E-state index in [1.807, 2.05) is 0 Å². The number of methoxy groups -OCH3 is 1. The fraction of sp³-hybridized carbons (Fsp3) is 0.0714. The van der Waals surface area contributed by atoms with Gasteiger partial charge in [0.05, 0.1) is 23.7 Å². The number of non-ortho nitro benzene ring substituents is 1. The van der Waals surface area contributed by atoms with Crippen LogP contribution in [0, 0.1) is 10.1 Å². The van der Waals surface area contributed by atoms with Gasteiger partial charge in [-0.05, 0) is 24.3 Å². The maximum absolute atomic E-state index is 11.0. The number of nitro groups is 1. The molecule has 2 aromatic rings. The minimum Gasteiger partial charge on any atom is -0.493 e. The van der Waals surface area contributed by atoms with Crippen LogP contribution in [0.2, 0.25) is 0 Å². The summed E-state index contributed by atoms with van der Waals surface area (Å²) < 4.78 is 11.4. The quantitative estimate of drug-likeness (QED) is 0.462. The second-order valence-electron chi connectivity index (χ2n) is 3.99. The van der Waals surface area contributed by atoms with Crippen molar-refractivity contribution < 1.29 is 19.2 Å². The summed E-state index contributed by atoms with van der Waals surface area (Å²) in [5, 5.41) is 10.8. The second-order valence-corrected chi connectivity index (χ2v) is 4.91. The molecule has 0 amide bonds. The first-order valence-electron chi connectivity index (χ1n) is 5.80. The Balaban J connectivity index is 2.47. The van der Waals surface area contributed by atoms with Gasteiger partial charge in [-0.3, -0.25) is 14.9 Å². The number of aldehydes is 1. The van der Waals surface area contributed by atoms with Crippen LogP contribution in [-0.2, 0) is 0 Å². The van der Waals surface area contributed by atoms with Gasteiger partial charge in [-0.2, -0.15) is 0 Å². The fourth-order valence-electron chi connectivity index (χ4n) is 1.67. The van der Waals surface area contributed by atoms with E-state index >= 15 is 0 Å². The van der Waals surface area contributed by atoms with E-state index in [4.69, 9.17) is 9.47 Å². The SMILES string of the molecule is COc1ccc([N+](=O)[O-])cc1Oc1cc(Br)ccc1C=O. The highest BCUT2D eigenvalue weighted by molar-refractivity contribution is 9.10. The van der Waals surface area contributed by atoms with Crippen LogP contribution in [0.5, 0.6) is 17.2 Å². The molecule has 0 aliphatic rings. The summed E-state index contributed by atoms with van der Waals surface area (Å²) in [6.07, 6.45) is 0.644. The molecular weight excluding hydrogens is 342 g/mol. The number of carbonyl (C=O) groups excluding carboxylic acids is 1. The van der Waals surface area contributed by atoms with Gasteiger partial charge in [0.25, 0.3) is 5.69 Å². The smallest absolute Gasteiger partial charge is 0.273 e. The Labute approximate surface area is 128 Å². The number of rotatable bonds is 5. The molecule has 0 bridgehead atoms. The number of benzene rings is 2. The molecular formula is C14H10BrNO5. The third-order valence-electron chi connectivity index (χ3n) is 2.68. The molecule has 0 aliphatic heterocycles. The maximum atomic E-state index is 11.0. The van der Waals surface area contributed by atoms with E-state index < -0.39 is 4.92 Å². The highest BCUT2D eigenvalue weighted by Gasteiger charge is 2.15. The summed E-state index contributed by atoms with van der Waals surface area (Å²) in [5.74, 6) is 0.767. The molecule has 2 rings (SSSR count). The summed E-state index contributed by atoms with van der Waals surface area (Å²) in [6, 6.07) is 8.87. The average Bonchev–Trinajstić information content (AvgIpc) is 2.47. The van der Waals surface area contributed by atoms with Gasteiger partial charge in [-0.15, -0.1) is 0 Å². The minimum absolute atomic E-state index is 0.131. The van der Waals surface area contributed by atoms with E-state index in [0.717, 1.165) is 0 Å². The highest BCUT2D eigenvalue weighted by atomic mass is 79.9. The Bertz CT molecular complexity index is 702. The first-order valence-corrected chi connectivity index (χ1v) is 6.59. The highest BCUT2D eigenvalue weighted by Crippen LogP contribution is 2.36. The van der Waals surface area contributed by atoms with Crippen molar-refractivity contribution in [3.8, 4) is 17.2 Å². The van der Waals surface area contributed by atoms with Gasteiger partial charge in [0, 0.05) is 10.5 Å². The first-order chi connectivity index (χ1) is 10.0. The molecule has 0 atom stereocenters. The first kappa shape index (κ1) is 15.0. The van der Waals surface area contributed by atoms with E-state index in [2.05, 4.69) is 15.9 Å². The molecule has 0 aromatic heterocycles. The van der Waals surface area contributed by atoms with Gasteiger partial charge in [0.2, 0.25) is 0 Å². The van der Waals surface area contributed by atoms with Crippen molar-refractivity contribution in [2.45, 2.75) is 0 Å². The molecule has 0 fully saturated rings. The van der Waals surface area contributed by atoms with Crippen molar-refractivity contribution in [2.75, 3.05) is 7.11 Å². The lowest BCUT2D eigenvalue weighted by Gasteiger charge is -2.11. The van der Waals surface area contributed by atoms with Crippen LogP contribution < -0.4 is 9.47 Å². The Hall–Kier alpha value is -2.41. The number of nitrogens with zero attached hydrogens (tertiary/aromatic N) is 1. The van der Waals surface area contributed by atoms with Gasteiger partial charge >= 0.3 is 0 Å². The van der Waals surface area contributed by atoms with E-state index in [1.54, 1.807) is 18.2 Å². The number of ether oxygens (including phenoxy) is 2. The van der Waals surface area contributed by atoms with Gasteiger partial charge in [-0.25, -0.2) is 0 Å². The van der Waals surface area contributed by atoms with E-state index in [9.17, 15) is 14.9 Å². The van der Waals surface area contributed by atoms with Crippen molar-refractivity contribution in [1.29, 1.82) is 0 Å². The lowest BCUT2D eigenvalue weighted by atomic mass is 10.2. The van der Waals surface area contributed by atoms with E-state index in [0.29, 0.717) is 22.1 Å². The van der Waals surface area contributed by atoms with Gasteiger partial charge in [0.1, 0.15) is 5.75 Å². The van der Waals surface area contributed by atoms with E-state index in [1.165, 1.54) is 25.3 Å². The third-order valence-corrected chi connectivity index (χ3v) is 3.17. The Morgan fingerprint density at radius 1 is 1.14 bits per heavy atom. The molecule has 7 heteroatoms. The molecule has 108 valence electrons. The fourth-order valence-corrected chi connectivity index (χ4v) is 2.01. The van der Waals surface area contributed by atoms with Crippen molar-refractivity contribution >= 4 is 27.9 Å². The number of halogens is 1. The molecule has 21 heavy (non-hydrogen) atoms. The zero-order valence-electron chi connectivity index (χ0n) is 10.9.